The highest BCUT2D eigenvalue weighted by Gasteiger charge is 2.16. The minimum atomic E-state index is -1.14. The number of aromatic carboxylic acids is 1. The summed E-state index contributed by atoms with van der Waals surface area (Å²) in [6.45, 7) is 0. The van der Waals surface area contributed by atoms with E-state index in [1.807, 2.05) is 0 Å². The largest absolute Gasteiger partial charge is 0.478 e. The summed E-state index contributed by atoms with van der Waals surface area (Å²) in [6, 6.07) is 10.3. The lowest BCUT2D eigenvalue weighted by atomic mass is 9.96. The van der Waals surface area contributed by atoms with E-state index in [2.05, 4.69) is 0 Å². The van der Waals surface area contributed by atoms with Crippen LogP contribution in [-0.4, -0.2) is 11.1 Å². The summed E-state index contributed by atoms with van der Waals surface area (Å²) < 4.78 is 41.0. The number of hydrogen-bond acceptors (Lipinski definition) is 1. The van der Waals surface area contributed by atoms with Gasteiger partial charge in [0, 0.05) is 12.1 Å². The second kappa shape index (κ2) is 5.18. The molecule has 0 radical (unpaired) electrons. The van der Waals surface area contributed by atoms with Gasteiger partial charge >= 0.3 is 5.97 Å². The van der Waals surface area contributed by atoms with E-state index in [1.54, 1.807) is 18.2 Å². The molecule has 110 valence electrons. The maximum Gasteiger partial charge on any atom is 0.335 e. The zero-order valence-corrected chi connectivity index (χ0v) is 11.1. The van der Waals surface area contributed by atoms with Crippen molar-refractivity contribution in [2.45, 2.75) is 0 Å². The molecule has 0 fully saturated rings. The van der Waals surface area contributed by atoms with Crippen LogP contribution >= 0.6 is 0 Å². The van der Waals surface area contributed by atoms with Crippen molar-refractivity contribution in [3.63, 3.8) is 0 Å². The molecule has 0 saturated carbocycles. The van der Waals surface area contributed by atoms with Gasteiger partial charge in [-0.1, -0.05) is 24.3 Å². The standard InChI is InChI=1S/C17H9F3O2/c18-11-7-14(19)16(15(20)8-11)12-3-1-2-9-4-5-10(17(21)22)6-13(9)12/h1-8H,(H,21,22). The van der Waals surface area contributed by atoms with E-state index in [1.165, 1.54) is 18.2 Å². The Bertz CT molecular complexity index is 881. The maximum absolute atomic E-state index is 14.0. The quantitative estimate of drug-likeness (QED) is 0.750. The van der Waals surface area contributed by atoms with Crippen LogP contribution in [0.15, 0.2) is 48.5 Å². The van der Waals surface area contributed by atoms with Gasteiger partial charge in [-0.3, -0.25) is 0 Å². The average molecular weight is 302 g/mol. The Morgan fingerprint density at radius 2 is 1.59 bits per heavy atom. The van der Waals surface area contributed by atoms with Gasteiger partial charge in [-0.15, -0.1) is 0 Å². The lowest BCUT2D eigenvalue weighted by Gasteiger charge is -2.10. The highest BCUT2D eigenvalue weighted by Crippen LogP contribution is 2.33. The molecule has 2 nitrogen and oxygen atoms in total. The Balaban J connectivity index is 2.36. The topological polar surface area (TPSA) is 37.3 Å². The van der Waals surface area contributed by atoms with Crippen LogP contribution in [0.3, 0.4) is 0 Å². The molecule has 0 heterocycles. The normalized spacial score (nSPS) is 10.9. The first-order valence-corrected chi connectivity index (χ1v) is 6.38. The van der Waals surface area contributed by atoms with Gasteiger partial charge in [0.1, 0.15) is 17.5 Å². The first-order valence-electron chi connectivity index (χ1n) is 6.38. The monoisotopic (exact) mass is 302 g/mol. The molecule has 0 aliphatic carbocycles. The number of carboxylic acids is 1. The fourth-order valence-corrected chi connectivity index (χ4v) is 2.42. The molecule has 0 spiro atoms. The van der Waals surface area contributed by atoms with Crippen LogP contribution in [0.25, 0.3) is 21.9 Å². The van der Waals surface area contributed by atoms with E-state index in [0.29, 0.717) is 22.9 Å². The van der Waals surface area contributed by atoms with Crippen LogP contribution in [0, 0.1) is 17.5 Å². The van der Waals surface area contributed by atoms with Gasteiger partial charge in [0.15, 0.2) is 0 Å². The number of rotatable bonds is 2. The Labute approximate surface area is 123 Å². The van der Waals surface area contributed by atoms with Gasteiger partial charge in [-0.2, -0.15) is 0 Å². The van der Waals surface area contributed by atoms with E-state index >= 15 is 0 Å². The van der Waals surface area contributed by atoms with Crippen LogP contribution in [-0.2, 0) is 0 Å². The summed E-state index contributed by atoms with van der Waals surface area (Å²) in [4.78, 5) is 11.1. The SMILES string of the molecule is O=C(O)c1ccc2cccc(-c3c(F)cc(F)cc3F)c2c1. The third kappa shape index (κ3) is 2.30. The van der Waals surface area contributed by atoms with Crippen LogP contribution in [0.5, 0.6) is 0 Å². The van der Waals surface area contributed by atoms with Gasteiger partial charge in [0.05, 0.1) is 11.1 Å². The number of carbonyl (C=O) groups is 1. The molecule has 0 unspecified atom stereocenters. The van der Waals surface area contributed by atoms with E-state index in [9.17, 15) is 18.0 Å². The van der Waals surface area contributed by atoms with E-state index in [-0.39, 0.29) is 16.7 Å². The van der Waals surface area contributed by atoms with Gasteiger partial charge < -0.3 is 5.11 Å². The average Bonchev–Trinajstić information content (AvgIpc) is 2.45. The first kappa shape index (κ1) is 14.1. The van der Waals surface area contributed by atoms with Crippen molar-refractivity contribution in [1.82, 2.24) is 0 Å². The zero-order valence-electron chi connectivity index (χ0n) is 11.1. The third-order valence-corrected chi connectivity index (χ3v) is 3.41. The summed E-state index contributed by atoms with van der Waals surface area (Å²) in [5.74, 6) is -4.22. The van der Waals surface area contributed by atoms with Crippen molar-refractivity contribution in [1.29, 1.82) is 0 Å². The molecule has 0 bridgehead atoms. The Morgan fingerprint density at radius 1 is 0.909 bits per heavy atom. The Hall–Kier alpha value is -2.82. The van der Waals surface area contributed by atoms with Crippen molar-refractivity contribution in [2.24, 2.45) is 0 Å². The lowest BCUT2D eigenvalue weighted by Crippen LogP contribution is -1.97. The highest BCUT2D eigenvalue weighted by atomic mass is 19.1. The number of benzene rings is 3. The molecule has 1 N–H and O–H groups in total. The van der Waals surface area contributed by atoms with Gasteiger partial charge in [0.2, 0.25) is 0 Å². The summed E-state index contributed by atoms with van der Waals surface area (Å²) >= 11 is 0. The second-order valence-corrected chi connectivity index (χ2v) is 4.79. The Morgan fingerprint density at radius 3 is 2.23 bits per heavy atom. The predicted octanol–water partition coefficient (Wildman–Crippen LogP) is 4.62. The van der Waals surface area contributed by atoms with Crippen LogP contribution in [0.1, 0.15) is 10.4 Å². The van der Waals surface area contributed by atoms with E-state index in [0.717, 1.165) is 0 Å². The molecule has 0 saturated heterocycles. The molecular formula is C17H9F3O2. The van der Waals surface area contributed by atoms with Crippen LogP contribution < -0.4 is 0 Å². The molecule has 3 aromatic carbocycles. The minimum Gasteiger partial charge on any atom is -0.478 e. The van der Waals surface area contributed by atoms with Crippen molar-refractivity contribution in [2.75, 3.05) is 0 Å². The number of fused-ring (bicyclic) bond motifs is 1. The summed E-state index contributed by atoms with van der Waals surface area (Å²) in [6.07, 6.45) is 0. The zero-order chi connectivity index (χ0) is 15.9. The number of hydrogen-bond donors (Lipinski definition) is 1. The summed E-state index contributed by atoms with van der Waals surface area (Å²) in [7, 11) is 0. The lowest BCUT2D eigenvalue weighted by molar-refractivity contribution is 0.0697. The van der Waals surface area contributed by atoms with Crippen molar-refractivity contribution < 1.29 is 23.1 Å². The van der Waals surface area contributed by atoms with Gasteiger partial charge in [-0.05, 0) is 28.5 Å². The molecule has 5 heteroatoms. The Kier molecular flexibility index (Phi) is 3.33. The van der Waals surface area contributed by atoms with E-state index < -0.39 is 23.4 Å². The molecule has 0 atom stereocenters. The fraction of sp³-hybridized carbons (Fsp3) is 0. The van der Waals surface area contributed by atoms with Crippen molar-refractivity contribution in [3.05, 3.63) is 71.5 Å². The second-order valence-electron chi connectivity index (χ2n) is 4.79. The molecule has 0 amide bonds. The summed E-state index contributed by atoms with van der Waals surface area (Å²) in [5.41, 5.74) is -0.201. The van der Waals surface area contributed by atoms with Gasteiger partial charge in [-0.25, -0.2) is 18.0 Å². The van der Waals surface area contributed by atoms with Crippen molar-refractivity contribution >= 4 is 16.7 Å². The maximum atomic E-state index is 14.0. The third-order valence-electron chi connectivity index (χ3n) is 3.41. The van der Waals surface area contributed by atoms with Crippen molar-refractivity contribution in [3.8, 4) is 11.1 Å². The predicted molar refractivity (Wildman–Crippen MR) is 76.2 cm³/mol. The first-order chi connectivity index (χ1) is 10.5. The van der Waals surface area contributed by atoms with E-state index in [4.69, 9.17) is 5.11 Å². The summed E-state index contributed by atoms with van der Waals surface area (Å²) in [5, 5.41) is 10.1. The van der Waals surface area contributed by atoms with Crippen LogP contribution in [0.2, 0.25) is 0 Å². The fourth-order valence-electron chi connectivity index (χ4n) is 2.42. The molecule has 0 aliphatic heterocycles. The minimum absolute atomic E-state index is 0.00266. The van der Waals surface area contributed by atoms with Crippen LogP contribution in [0.4, 0.5) is 13.2 Å². The van der Waals surface area contributed by atoms with Gasteiger partial charge in [0.25, 0.3) is 0 Å². The smallest absolute Gasteiger partial charge is 0.335 e. The number of halogens is 3. The molecule has 0 aliphatic rings. The molecule has 22 heavy (non-hydrogen) atoms. The molecule has 3 rings (SSSR count). The highest BCUT2D eigenvalue weighted by molar-refractivity contribution is 6.01. The molecule has 3 aromatic rings. The number of carboxylic acid groups (broad SMARTS) is 1. The molecular weight excluding hydrogens is 293 g/mol. The molecule has 0 aromatic heterocycles.